The number of nitrogens with two attached hydrogens (primary N) is 1. The Balaban J connectivity index is 1.63. The quantitative estimate of drug-likeness (QED) is 0.275. The fourth-order valence-electron chi connectivity index (χ4n) is 6.08. The molecule has 0 saturated heterocycles. The molecule has 0 aromatic heterocycles. The lowest BCUT2D eigenvalue weighted by molar-refractivity contribution is -0.150. The fourth-order valence-corrected chi connectivity index (χ4v) is 6.08. The van der Waals surface area contributed by atoms with Crippen LogP contribution >= 0.6 is 0 Å². The van der Waals surface area contributed by atoms with Crippen LogP contribution in [-0.4, -0.2) is 69.7 Å². The van der Waals surface area contributed by atoms with E-state index in [0.717, 1.165) is 0 Å². The summed E-state index contributed by atoms with van der Waals surface area (Å²) in [5, 5.41) is 49.5. The van der Waals surface area contributed by atoms with Crippen molar-refractivity contribution in [3.05, 3.63) is 70.5 Å². The number of primary amides is 1. The molecule has 1 unspecified atom stereocenters. The van der Waals surface area contributed by atoms with E-state index in [-0.39, 0.29) is 29.7 Å². The minimum absolute atomic E-state index is 0.00949. The van der Waals surface area contributed by atoms with Gasteiger partial charge in [0.2, 0.25) is 5.78 Å². The Morgan fingerprint density at radius 1 is 1.05 bits per heavy atom. The van der Waals surface area contributed by atoms with Crippen LogP contribution in [0.3, 0.4) is 0 Å². The number of amides is 3. The second kappa shape index (κ2) is 9.42. The topological polar surface area (TPSA) is 203 Å². The van der Waals surface area contributed by atoms with Crippen LogP contribution in [0.4, 0.5) is 16.2 Å². The van der Waals surface area contributed by atoms with E-state index in [0.29, 0.717) is 16.9 Å². The molecule has 12 heteroatoms. The molecular weight excluding hydrogens is 520 g/mol. The summed E-state index contributed by atoms with van der Waals surface area (Å²) >= 11 is 0. The number of aliphatic hydroxyl groups is 3. The second-order valence-electron chi connectivity index (χ2n) is 10.3. The van der Waals surface area contributed by atoms with E-state index in [9.17, 15) is 39.6 Å². The molecule has 3 amide bonds. The molecule has 0 bridgehead atoms. The number of ketones is 2. The van der Waals surface area contributed by atoms with Crippen LogP contribution in [0.5, 0.6) is 5.75 Å². The van der Waals surface area contributed by atoms with Crippen LogP contribution in [0.15, 0.2) is 59.4 Å². The van der Waals surface area contributed by atoms with E-state index in [2.05, 4.69) is 10.6 Å². The van der Waals surface area contributed by atoms with E-state index < -0.39 is 64.1 Å². The molecule has 3 aliphatic carbocycles. The normalized spacial score (nSPS) is 25.5. The first-order valence-electron chi connectivity index (χ1n) is 12.5. The molecule has 2 aromatic carbocycles. The third-order valence-corrected chi connectivity index (χ3v) is 7.86. The van der Waals surface area contributed by atoms with Crippen molar-refractivity contribution in [2.45, 2.75) is 24.5 Å². The fraction of sp³-hybridized carbons (Fsp3) is 0.286. The molecule has 5 rings (SSSR count). The highest BCUT2D eigenvalue weighted by atomic mass is 16.3. The smallest absolute Gasteiger partial charge is 0.319 e. The van der Waals surface area contributed by atoms with E-state index in [4.69, 9.17) is 5.73 Å². The van der Waals surface area contributed by atoms with Crippen LogP contribution in [0.25, 0.3) is 5.76 Å². The van der Waals surface area contributed by atoms with Crippen molar-refractivity contribution >= 4 is 40.6 Å². The number of hydrogen-bond acceptors (Lipinski definition) is 9. The van der Waals surface area contributed by atoms with Gasteiger partial charge in [0.15, 0.2) is 11.4 Å². The summed E-state index contributed by atoms with van der Waals surface area (Å²) in [6, 6.07) is 8.81. The molecule has 0 spiro atoms. The number of nitrogens with one attached hydrogen (secondary N) is 2. The summed E-state index contributed by atoms with van der Waals surface area (Å²) in [4.78, 5) is 54.2. The number of para-hydroxylation sites is 1. The van der Waals surface area contributed by atoms with E-state index in [1.54, 1.807) is 55.4 Å². The minimum Gasteiger partial charge on any atom is -0.508 e. The monoisotopic (exact) mass is 548 g/mol. The molecule has 208 valence electrons. The maximum Gasteiger partial charge on any atom is 0.319 e. The zero-order valence-corrected chi connectivity index (χ0v) is 21.6. The lowest BCUT2D eigenvalue weighted by Crippen LogP contribution is -2.66. The molecule has 8 N–H and O–H groups in total. The van der Waals surface area contributed by atoms with Gasteiger partial charge in [-0.05, 0) is 48.6 Å². The highest BCUT2D eigenvalue weighted by Crippen LogP contribution is 2.53. The van der Waals surface area contributed by atoms with Crippen LogP contribution in [-0.2, 0) is 20.8 Å². The number of Topliss-reactive ketones (excluding diaryl/α,β-unsaturated/α-hetero) is 2. The zero-order valence-electron chi connectivity index (χ0n) is 21.6. The average molecular weight is 549 g/mol. The number of carbonyl (C=O) groups is 4. The Morgan fingerprint density at radius 2 is 1.73 bits per heavy atom. The third kappa shape index (κ3) is 3.87. The number of rotatable bonds is 4. The molecule has 12 nitrogen and oxygen atoms in total. The molecule has 3 aliphatic rings. The maximum absolute atomic E-state index is 13.9. The number of benzene rings is 2. The first-order chi connectivity index (χ1) is 18.9. The molecule has 2 aromatic rings. The van der Waals surface area contributed by atoms with Crippen molar-refractivity contribution in [1.29, 1.82) is 0 Å². The van der Waals surface area contributed by atoms with Crippen molar-refractivity contribution in [2.24, 2.45) is 17.6 Å². The lowest BCUT2D eigenvalue weighted by atomic mass is 9.57. The number of carbonyl (C=O) groups excluding carboxylic acids is 4. The summed E-state index contributed by atoms with van der Waals surface area (Å²) in [7, 11) is 3.54. The number of anilines is 2. The predicted octanol–water partition coefficient (Wildman–Crippen LogP) is 1.29. The third-order valence-electron chi connectivity index (χ3n) is 7.86. The minimum atomic E-state index is -2.87. The van der Waals surface area contributed by atoms with Crippen LogP contribution in [0, 0.1) is 11.8 Å². The van der Waals surface area contributed by atoms with Crippen LogP contribution in [0.1, 0.15) is 17.5 Å². The van der Waals surface area contributed by atoms with Gasteiger partial charge in [0.25, 0.3) is 5.91 Å². The Bertz CT molecular complexity index is 1530. The first kappa shape index (κ1) is 26.8. The summed E-state index contributed by atoms with van der Waals surface area (Å²) in [6.07, 6.45) is -0.0129. The van der Waals surface area contributed by atoms with Gasteiger partial charge in [-0.2, -0.15) is 0 Å². The van der Waals surface area contributed by atoms with E-state index in [1.165, 1.54) is 6.07 Å². The average Bonchev–Trinajstić information content (AvgIpc) is 2.88. The number of hydrogen-bond donors (Lipinski definition) is 7. The molecular formula is C28H28N4O8. The van der Waals surface area contributed by atoms with Crippen molar-refractivity contribution < 1.29 is 39.6 Å². The molecule has 4 atom stereocenters. The van der Waals surface area contributed by atoms with Gasteiger partial charge in [0, 0.05) is 37.0 Å². The number of aromatic hydroxyl groups is 1. The van der Waals surface area contributed by atoms with Crippen molar-refractivity contribution in [3.63, 3.8) is 0 Å². The van der Waals surface area contributed by atoms with E-state index >= 15 is 0 Å². The molecule has 0 heterocycles. The second-order valence-corrected chi connectivity index (χ2v) is 10.3. The summed E-state index contributed by atoms with van der Waals surface area (Å²) in [5.41, 5.74) is 2.80. The van der Waals surface area contributed by atoms with Crippen LogP contribution < -0.4 is 21.3 Å². The molecule has 0 radical (unpaired) electrons. The van der Waals surface area contributed by atoms with Gasteiger partial charge < -0.3 is 41.7 Å². The summed E-state index contributed by atoms with van der Waals surface area (Å²) < 4.78 is 0. The summed E-state index contributed by atoms with van der Waals surface area (Å²) in [6.45, 7) is 0. The van der Waals surface area contributed by atoms with Crippen molar-refractivity contribution in [3.8, 4) is 5.75 Å². The molecule has 1 fully saturated rings. The lowest BCUT2D eigenvalue weighted by Gasteiger charge is -2.49. The number of phenolic OH excluding ortho intramolecular Hbond substituents is 1. The molecule has 40 heavy (non-hydrogen) atoms. The highest BCUT2D eigenvalue weighted by molar-refractivity contribution is 6.25. The van der Waals surface area contributed by atoms with Gasteiger partial charge in [0.1, 0.15) is 28.9 Å². The van der Waals surface area contributed by atoms with Crippen LogP contribution in [0.2, 0.25) is 0 Å². The van der Waals surface area contributed by atoms with Gasteiger partial charge in [-0.3, -0.25) is 14.4 Å². The Labute approximate surface area is 228 Å². The maximum atomic E-state index is 13.9. The van der Waals surface area contributed by atoms with Gasteiger partial charge in [0.05, 0.1) is 5.56 Å². The first-order valence-corrected chi connectivity index (χ1v) is 12.5. The van der Waals surface area contributed by atoms with Gasteiger partial charge in [-0.1, -0.05) is 18.2 Å². The van der Waals surface area contributed by atoms with Gasteiger partial charge >= 0.3 is 6.03 Å². The Morgan fingerprint density at radius 3 is 2.35 bits per heavy atom. The number of fused-ring (bicyclic) bond motifs is 3. The van der Waals surface area contributed by atoms with Gasteiger partial charge in [-0.15, -0.1) is 0 Å². The number of phenols is 1. The molecule has 0 aliphatic heterocycles. The highest BCUT2D eigenvalue weighted by Gasteiger charge is 2.64. The van der Waals surface area contributed by atoms with Crippen molar-refractivity contribution in [1.82, 2.24) is 5.32 Å². The molecule has 1 saturated carbocycles. The SMILES string of the molecule is CN(C)c1ccc(O)c2c1C[C@H]1C[C@H]3C(NC(=O)Nc4ccccc4)C(=O)C(C(N)=O)=C(O)[C@@]3(O)C(=O)C1=C2O. The number of aliphatic hydroxyl groups excluding tert-OH is 2. The standard InChI is InChI=1S/C28H28N4O8/c1-32(2)16-8-9-17(33)19-14(16)10-12-11-15-21(31-27(39)30-13-6-4-3-5-7-13)23(35)20(26(29)38)25(37)28(15,40)24(36)18(12)22(19)34/h3-9,12,15,21,33-34,37,40H,10-11H2,1-2H3,(H2,29,38)(H2,30,31,39)/t12-,15-,21?,28-/m0/s1. The summed E-state index contributed by atoms with van der Waals surface area (Å²) in [5.74, 6) is -7.91. The van der Waals surface area contributed by atoms with Gasteiger partial charge in [-0.25, -0.2) is 4.79 Å². The van der Waals surface area contributed by atoms with E-state index in [1.807, 2.05) is 0 Å². The Hall–Kier alpha value is -4.84. The van der Waals surface area contributed by atoms with Crippen molar-refractivity contribution in [2.75, 3.05) is 24.3 Å². The zero-order chi connectivity index (χ0) is 29.1. The Kier molecular flexibility index (Phi) is 6.30. The number of nitrogens with zero attached hydrogens (tertiary/aromatic N) is 1. The number of urea groups is 1. The predicted molar refractivity (Wildman–Crippen MR) is 143 cm³/mol. The largest absolute Gasteiger partial charge is 0.508 e.